The van der Waals surface area contributed by atoms with Crippen molar-refractivity contribution in [3.8, 4) is 0 Å². The molecule has 1 aromatic heterocycles. The molecule has 0 saturated heterocycles. The van der Waals surface area contributed by atoms with Crippen LogP contribution in [0.4, 0.5) is 0 Å². The second-order valence-electron chi connectivity index (χ2n) is 7.80. The second-order valence-corrected chi connectivity index (χ2v) is 7.80. The van der Waals surface area contributed by atoms with E-state index in [1.54, 1.807) is 18.3 Å². The number of allylic oxidation sites excluding steroid dienone is 12. The number of nitrogens with one attached hydrogen (secondary N) is 2. The molecular formula is C30H41N3O2. The Morgan fingerprint density at radius 1 is 0.743 bits per heavy atom. The van der Waals surface area contributed by atoms with Crippen molar-refractivity contribution < 1.29 is 9.59 Å². The Labute approximate surface area is 211 Å². The Kier molecular flexibility index (Phi) is 18.9. The Bertz CT molecular complexity index is 865. The molecule has 188 valence electrons. The van der Waals surface area contributed by atoms with Gasteiger partial charge in [-0.2, -0.15) is 0 Å². The number of pyridine rings is 1. The van der Waals surface area contributed by atoms with Gasteiger partial charge >= 0.3 is 0 Å². The van der Waals surface area contributed by atoms with Gasteiger partial charge in [-0.05, 0) is 57.1 Å². The minimum absolute atomic E-state index is 0.0137. The van der Waals surface area contributed by atoms with Crippen LogP contribution in [0.1, 0.15) is 68.6 Å². The average Bonchev–Trinajstić information content (AvgIpc) is 2.88. The van der Waals surface area contributed by atoms with Gasteiger partial charge in [0, 0.05) is 31.9 Å². The van der Waals surface area contributed by atoms with Crippen molar-refractivity contribution in [2.24, 2.45) is 0 Å². The van der Waals surface area contributed by atoms with E-state index < -0.39 is 0 Å². The molecule has 5 heteroatoms. The molecule has 1 heterocycles. The van der Waals surface area contributed by atoms with Gasteiger partial charge < -0.3 is 10.6 Å². The maximum atomic E-state index is 11.9. The van der Waals surface area contributed by atoms with Gasteiger partial charge in [0.15, 0.2) is 0 Å². The lowest BCUT2D eigenvalue weighted by molar-refractivity contribution is -0.120. The van der Waals surface area contributed by atoms with Gasteiger partial charge in [0.05, 0.1) is 5.56 Å². The quantitative estimate of drug-likeness (QED) is 0.190. The number of aromatic nitrogens is 1. The van der Waals surface area contributed by atoms with Crippen molar-refractivity contribution in [2.45, 2.75) is 58.3 Å². The zero-order chi connectivity index (χ0) is 25.2. The van der Waals surface area contributed by atoms with Gasteiger partial charge in [-0.15, -0.1) is 0 Å². The van der Waals surface area contributed by atoms with Crippen LogP contribution >= 0.6 is 0 Å². The fourth-order valence-corrected chi connectivity index (χ4v) is 2.92. The van der Waals surface area contributed by atoms with Gasteiger partial charge in [-0.3, -0.25) is 14.6 Å². The molecule has 2 amide bonds. The molecule has 0 aliphatic carbocycles. The molecule has 0 aromatic carbocycles. The van der Waals surface area contributed by atoms with E-state index in [1.807, 2.05) is 6.08 Å². The van der Waals surface area contributed by atoms with Crippen LogP contribution < -0.4 is 10.6 Å². The molecule has 0 aliphatic heterocycles. The Hall–Kier alpha value is -3.47. The molecule has 0 bridgehead atoms. The molecule has 0 radical (unpaired) electrons. The zero-order valence-corrected chi connectivity index (χ0v) is 21.1. The van der Waals surface area contributed by atoms with Crippen molar-refractivity contribution in [3.05, 3.63) is 103 Å². The fourth-order valence-electron chi connectivity index (χ4n) is 2.92. The normalized spacial score (nSPS) is 12.3. The van der Waals surface area contributed by atoms with Crippen molar-refractivity contribution in [1.82, 2.24) is 15.6 Å². The Balaban J connectivity index is 1.96. The van der Waals surface area contributed by atoms with Gasteiger partial charge in [0.1, 0.15) is 0 Å². The highest BCUT2D eigenvalue weighted by Crippen LogP contribution is 1.98. The second kappa shape index (κ2) is 22.3. The summed E-state index contributed by atoms with van der Waals surface area (Å²) in [5.74, 6) is -0.203. The maximum Gasteiger partial charge on any atom is 0.252 e. The monoisotopic (exact) mass is 475 g/mol. The summed E-state index contributed by atoms with van der Waals surface area (Å²) in [5, 5.41) is 5.57. The van der Waals surface area contributed by atoms with E-state index in [2.05, 4.69) is 89.4 Å². The third-order valence-corrected chi connectivity index (χ3v) is 4.79. The maximum absolute atomic E-state index is 11.9. The van der Waals surface area contributed by atoms with E-state index in [1.165, 1.54) is 6.20 Å². The number of hydrogen-bond donors (Lipinski definition) is 2. The van der Waals surface area contributed by atoms with Gasteiger partial charge in [-0.25, -0.2) is 0 Å². The zero-order valence-electron chi connectivity index (χ0n) is 21.1. The van der Waals surface area contributed by atoms with E-state index in [-0.39, 0.29) is 11.8 Å². The average molecular weight is 476 g/mol. The molecular weight excluding hydrogens is 434 g/mol. The molecule has 0 unspecified atom stereocenters. The largest absolute Gasteiger partial charge is 0.354 e. The van der Waals surface area contributed by atoms with E-state index in [4.69, 9.17) is 0 Å². The first-order chi connectivity index (χ1) is 17.2. The summed E-state index contributed by atoms with van der Waals surface area (Å²) in [6.45, 7) is 2.95. The summed E-state index contributed by atoms with van der Waals surface area (Å²) in [6.07, 6.45) is 36.1. The summed E-state index contributed by atoms with van der Waals surface area (Å²) >= 11 is 0. The third-order valence-electron chi connectivity index (χ3n) is 4.79. The molecule has 0 atom stereocenters. The molecule has 2 N–H and O–H groups in total. The minimum atomic E-state index is -0.190. The number of carbonyl (C=O) groups excluding carboxylic acids is 2. The summed E-state index contributed by atoms with van der Waals surface area (Å²) in [6, 6.07) is 3.42. The van der Waals surface area contributed by atoms with E-state index in [9.17, 15) is 9.59 Å². The minimum Gasteiger partial charge on any atom is -0.354 e. The van der Waals surface area contributed by atoms with Crippen molar-refractivity contribution in [3.63, 3.8) is 0 Å². The van der Waals surface area contributed by atoms with Crippen LogP contribution in [0.2, 0.25) is 0 Å². The van der Waals surface area contributed by atoms with Crippen molar-refractivity contribution >= 4 is 11.8 Å². The van der Waals surface area contributed by atoms with Gasteiger partial charge in [0.2, 0.25) is 5.91 Å². The van der Waals surface area contributed by atoms with Crippen LogP contribution in [0.15, 0.2) is 97.4 Å². The van der Waals surface area contributed by atoms with Crippen LogP contribution in [0.25, 0.3) is 0 Å². The molecule has 0 aliphatic rings. The van der Waals surface area contributed by atoms with E-state index in [0.717, 1.165) is 38.5 Å². The van der Waals surface area contributed by atoms with Crippen LogP contribution in [-0.2, 0) is 4.79 Å². The standard InChI is InChI=1S/C30H41N3O2/c1-2-3-4-5-6-7-8-9-10-11-12-13-14-15-16-17-18-19-20-23-29(34)32-25-26-33-30(35)28-22-21-24-31-27-28/h3-4,6-7,9-10,12-13,15-16,18-19,21-22,24,27H,2,5,8,11,14,17,20,23,25-26H2,1H3,(H,32,34)(H,33,35)/b4-3-,7-6-,10-9-,13-12-,16-15-,19-18-. The summed E-state index contributed by atoms with van der Waals surface area (Å²) < 4.78 is 0. The summed E-state index contributed by atoms with van der Waals surface area (Å²) in [4.78, 5) is 27.6. The van der Waals surface area contributed by atoms with E-state index >= 15 is 0 Å². The highest BCUT2D eigenvalue weighted by atomic mass is 16.2. The first-order valence-corrected chi connectivity index (χ1v) is 12.6. The third kappa shape index (κ3) is 18.6. The summed E-state index contributed by atoms with van der Waals surface area (Å²) in [7, 11) is 0. The molecule has 5 nitrogen and oxygen atoms in total. The molecule has 35 heavy (non-hydrogen) atoms. The van der Waals surface area contributed by atoms with Crippen LogP contribution in [0.5, 0.6) is 0 Å². The number of hydrogen-bond acceptors (Lipinski definition) is 3. The van der Waals surface area contributed by atoms with Crippen molar-refractivity contribution in [1.29, 1.82) is 0 Å². The van der Waals surface area contributed by atoms with Crippen LogP contribution in [0, 0.1) is 0 Å². The molecule has 0 saturated carbocycles. The fraction of sp³-hybridized carbons (Fsp3) is 0.367. The van der Waals surface area contributed by atoms with Gasteiger partial charge in [-0.1, -0.05) is 79.8 Å². The lowest BCUT2D eigenvalue weighted by Crippen LogP contribution is -2.34. The van der Waals surface area contributed by atoms with Crippen LogP contribution in [-0.4, -0.2) is 29.9 Å². The van der Waals surface area contributed by atoms with E-state index in [0.29, 0.717) is 31.5 Å². The smallest absolute Gasteiger partial charge is 0.252 e. The SMILES string of the molecule is CC/C=C\C/C=C\C/C=C\C/C=C\C/C=C\C/C=C\CCC(=O)NCCNC(=O)c1cccnc1. The molecule has 0 fully saturated rings. The molecule has 1 rings (SSSR count). The summed E-state index contributed by atoms with van der Waals surface area (Å²) in [5.41, 5.74) is 0.511. The number of nitrogens with zero attached hydrogens (tertiary/aromatic N) is 1. The first kappa shape index (κ1) is 29.6. The Morgan fingerprint density at radius 3 is 1.77 bits per heavy atom. The van der Waals surface area contributed by atoms with Crippen molar-refractivity contribution in [2.75, 3.05) is 13.1 Å². The highest BCUT2D eigenvalue weighted by molar-refractivity contribution is 5.93. The topological polar surface area (TPSA) is 71.1 Å². The molecule has 0 spiro atoms. The number of carbonyl (C=O) groups is 2. The predicted octanol–water partition coefficient (Wildman–Crippen LogP) is 6.41. The number of amides is 2. The number of rotatable bonds is 18. The first-order valence-electron chi connectivity index (χ1n) is 12.6. The van der Waals surface area contributed by atoms with Gasteiger partial charge in [0.25, 0.3) is 5.91 Å². The predicted molar refractivity (Wildman–Crippen MR) is 147 cm³/mol. The highest BCUT2D eigenvalue weighted by Gasteiger charge is 2.04. The lowest BCUT2D eigenvalue weighted by Gasteiger charge is -2.06. The van der Waals surface area contributed by atoms with Crippen LogP contribution in [0.3, 0.4) is 0 Å². The Morgan fingerprint density at radius 2 is 1.26 bits per heavy atom. The lowest BCUT2D eigenvalue weighted by atomic mass is 10.2. The molecule has 1 aromatic rings.